The summed E-state index contributed by atoms with van der Waals surface area (Å²) in [4.78, 5) is 0.344. The lowest BCUT2D eigenvalue weighted by Gasteiger charge is -2.13. The van der Waals surface area contributed by atoms with Gasteiger partial charge in [0.2, 0.25) is 0 Å². The first-order chi connectivity index (χ1) is 9.09. The highest BCUT2D eigenvalue weighted by Crippen LogP contribution is 2.28. The number of aromatic nitrogens is 2. The number of hydrogen-bond acceptors (Lipinski definition) is 5. The Bertz CT molecular complexity index is 474. The average molecular weight is 280 g/mol. The van der Waals surface area contributed by atoms with Crippen LogP contribution in [-0.4, -0.2) is 34.9 Å². The van der Waals surface area contributed by atoms with Crippen LogP contribution in [0.15, 0.2) is 0 Å². The fourth-order valence-corrected chi connectivity index (χ4v) is 2.06. The second-order valence-corrected chi connectivity index (χ2v) is 5.38. The number of nitrogens with two attached hydrogens (primary N) is 1. The summed E-state index contributed by atoms with van der Waals surface area (Å²) in [7, 11) is 0. The summed E-state index contributed by atoms with van der Waals surface area (Å²) < 4.78 is 5.56. The maximum atomic E-state index is 5.76. The van der Waals surface area contributed by atoms with Crippen LogP contribution in [0.25, 0.3) is 0 Å². The molecule has 0 radical (unpaired) electrons. The van der Waals surface area contributed by atoms with E-state index in [1.165, 1.54) is 12.8 Å². The van der Waals surface area contributed by atoms with Crippen molar-refractivity contribution in [2.45, 2.75) is 26.7 Å². The van der Waals surface area contributed by atoms with Crippen molar-refractivity contribution in [3.8, 4) is 0 Å². The van der Waals surface area contributed by atoms with Gasteiger partial charge in [-0.2, -0.15) is 5.10 Å². The summed E-state index contributed by atoms with van der Waals surface area (Å²) in [5.41, 5.74) is 8.36. The normalized spacial score (nSPS) is 14.4. The van der Waals surface area contributed by atoms with E-state index in [1.807, 2.05) is 13.8 Å². The molecular weight excluding hydrogens is 260 g/mol. The van der Waals surface area contributed by atoms with Crippen molar-refractivity contribution < 1.29 is 4.74 Å². The summed E-state index contributed by atoms with van der Waals surface area (Å²) in [6.07, 6.45) is 2.61. The molecule has 104 valence electrons. The smallest absolute Gasteiger partial charge is 0.159 e. The van der Waals surface area contributed by atoms with Gasteiger partial charge in [-0.05, 0) is 38.2 Å². The minimum Gasteiger partial charge on any atom is -0.389 e. The molecule has 1 saturated carbocycles. The molecule has 1 aromatic heterocycles. The van der Waals surface area contributed by atoms with Gasteiger partial charge in [0.1, 0.15) is 4.99 Å². The summed E-state index contributed by atoms with van der Waals surface area (Å²) >= 11 is 5.08. The zero-order chi connectivity index (χ0) is 13.8. The molecule has 1 aromatic rings. The van der Waals surface area contributed by atoms with Crippen molar-refractivity contribution in [2.24, 2.45) is 11.7 Å². The topological polar surface area (TPSA) is 73.1 Å². The Balaban J connectivity index is 1.91. The number of ether oxygens (including phenoxy) is 1. The minimum atomic E-state index is 0.344. The van der Waals surface area contributed by atoms with Gasteiger partial charge in [0.25, 0.3) is 0 Å². The number of nitrogens with zero attached hydrogens (tertiary/aromatic N) is 2. The quantitative estimate of drug-likeness (QED) is 0.583. The Morgan fingerprint density at radius 3 is 2.79 bits per heavy atom. The molecule has 6 heteroatoms. The summed E-state index contributed by atoms with van der Waals surface area (Å²) in [6.45, 7) is 6.05. The predicted molar refractivity (Wildman–Crippen MR) is 79.4 cm³/mol. The Kier molecular flexibility index (Phi) is 4.66. The van der Waals surface area contributed by atoms with Gasteiger partial charge in [-0.25, -0.2) is 0 Å². The van der Waals surface area contributed by atoms with E-state index in [-0.39, 0.29) is 0 Å². The van der Waals surface area contributed by atoms with Gasteiger partial charge in [-0.3, -0.25) is 0 Å². The summed E-state index contributed by atoms with van der Waals surface area (Å²) in [5.74, 6) is 1.43. The molecule has 5 nitrogen and oxygen atoms in total. The van der Waals surface area contributed by atoms with Crippen LogP contribution in [-0.2, 0) is 4.74 Å². The predicted octanol–water partition coefficient (Wildman–Crippen LogP) is 1.57. The first-order valence-corrected chi connectivity index (χ1v) is 6.95. The van der Waals surface area contributed by atoms with Gasteiger partial charge < -0.3 is 15.8 Å². The van der Waals surface area contributed by atoms with Crippen LogP contribution in [0.2, 0.25) is 0 Å². The van der Waals surface area contributed by atoms with Crippen molar-refractivity contribution >= 4 is 23.0 Å². The van der Waals surface area contributed by atoms with Crippen molar-refractivity contribution in [2.75, 3.05) is 25.1 Å². The van der Waals surface area contributed by atoms with Crippen molar-refractivity contribution in [1.82, 2.24) is 10.2 Å². The van der Waals surface area contributed by atoms with Gasteiger partial charge >= 0.3 is 0 Å². The average Bonchev–Trinajstić information content (AvgIpc) is 3.16. The Hall–Kier alpha value is -1.27. The van der Waals surface area contributed by atoms with Crippen LogP contribution >= 0.6 is 12.2 Å². The van der Waals surface area contributed by atoms with E-state index < -0.39 is 0 Å². The van der Waals surface area contributed by atoms with E-state index in [1.54, 1.807) is 0 Å². The lowest BCUT2D eigenvalue weighted by molar-refractivity contribution is 0.134. The van der Waals surface area contributed by atoms with Crippen LogP contribution in [0.5, 0.6) is 0 Å². The van der Waals surface area contributed by atoms with Crippen molar-refractivity contribution in [3.63, 3.8) is 0 Å². The molecule has 3 N–H and O–H groups in total. The van der Waals surface area contributed by atoms with Gasteiger partial charge in [0.15, 0.2) is 5.82 Å². The number of hydrogen-bond donors (Lipinski definition) is 2. The van der Waals surface area contributed by atoms with Crippen molar-refractivity contribution in [3.05, 3.63) is 16.8 Å². The molecule has 1 fully saturated rings. The first kappa shape index (κ1) is 14.1. The number of aryl methyl sites for hydroxylation is 1. The number of rotatable bonds is 7. The molecule has 0 bridgehead atoms. The summed E-state index contributed by atoms with van der Waals surface area (Å²) in [6, 6.07) is 0. The lowest BCUT2D eigenvalue weighted by atomic mass is 10.1. The van der Waals surface area contributed by atoms with Crippen LogP contribution in [0.4, 0.5) is 5.82 Å². The second kappa shape index (κ2) is 6.25. The molecule has 0 aliphatic heterocycles. The van der Waals surface area contributed by atoms with E-state index >= 15 is 0 Å². The van der Waals surface area contributed by atoms with Crippen LogP contribution in [0.3, 0.4) is 0 Å². The monoisotopic (exact) mass is 280 g/mol. The highest BCUT2D eigenvalue weighted by molar-refractivity contribution is 7.80. The molecule has 1 heterocycles. The maximum Gasteiger partial charge on any atom is 0.159 e. The third-order valence-electron chi connectivity index (χ3n) is 3.29. The molecule has 1 aliphatic carbocycles. The van der Waals surface area contributed by atoms with E-state index in [0.29, 0.717) is 24.0 Å². The van der Waals surface area contributed by atoms with Crippen LogP contribution in [0, 0.1) is 19.8 Å². The van der Waals surface area contributed by atoms with Gasteiger partial charge in [0.05, 0.1) is 17.9 Å². The molecule has 0 saturated heterocycles. The Labute approximate surface area is 118 Å². The molecule has 0 aromatic carbocycles. The third kappa shape index (κ3) is 3.84. The first-order valence-electron chi connectivity index (χ1n) is 6.55. The SMILES string of the molecule is Cc1nnc(NCCOCC2CC2)c(C(N)=S)c1C. The zero-order valence-electron chi connectivity index (χ0n) is 11.4. The fraction of sp³-hybridized carbons (Fsp3) is 0.615. The molecule has 1 aliphatic rings. The second-order valence-electron chi connectivity index (χ2n) is 4.94. The molecule has 2 rings (SSSR count). The Morgan fingerprint density at radius 2 is 2.16 bits per heavy atom. The molecule has 0 spiro atoms. The zero-order valence-corrected chi connectivity index (χ0v) is 12.2. The highest BCUT2D eigenvalue weighted by atomic mass is 32.1. The maximum absolute atomic E-state index is 5.76. The van der Waals surface area contributed by atoms with Crippen molar-refractivity contribution in [1.29, 1.82) is 0 Å². The standard InChI is InChI=1S/C13H20N4OS/c1-8-9(2)16-17-13(11(8)12(14)19)15-5-6-18-7-10-3-4-10/h10H,3-7H2,1-2H3,(H2,14,19)(H,15,17). The van der Waals surface area contributed by atoms with E-state index in [9.17, 15) is 0 Å². The third-order valence-corrected chi connectivity index (χ3v) is 3.49. The number of thiocarbonyl (C=S) groups is 1. The molecule has 0 atom stereocenters. The largest absolute Gasteiger partial charge is 0.389 e. The molecule has 0 unspecified atom stereocenters. The van der Waals surface area contributed by atoms with Gasteiger partial charge in [0, 0.05) is 13.2 Å². The molecular formula is C13H20N4OS. The van der Waals surface area contributed by atoms with E-state index in [0.717, 1.165) is 29.3 Å². The van der Waals surface area contributed by atoms with Crippen LogP contribution in [0.1, 0.15) is 29.7 Å². The summed E-state index contributed by atoms with van der Waals surface area (Å²) in [5, 5.41) is 11.4. The molecule has 19 heavy (non-hydrogen) atoms. The molecule has 0 amide bonds. The van der Waals surface area contributed by atoms with Crippen LogP contribution < -0.4 is 11.1 Å². The fourth-order valence-electron chi connectivity index (χ4n) is 1.81. The Morgan fingerprint density at radius 1 is 1.42 bits per heavy atom. The highest BCUT2D eigenvalue weighted by Gasteiger charge is 2.21. The van der Waals surface area contributed by atoms with E-state index in [2.05, 4.69) is 15.5 Å². The lowest BCUT2D eigenvalue weighted by Crippen LogP contribution is -2.20. The number of anilines is 1. The van der Waals surface area contributed by atoms with Gasteiger partial charge in [-0.15, -0.1) is 5.10 Å². The van der Waals surface area contributed by atoms with Gasteiger partial charge in [-0.1, -0.05) is 12.2 Å². The van der Waals surface area contributed by atoms with E-state index in [4.69, 9.17) is 22.7 Å². The minimum absolute atomic E-state index is 0.344. The number of nitrogens with one attached hydrogen (secondary N) is 1.